The standard InChI is InChI=1S/C11H12O2.C4H6O2.C4H8/c1-9(11(12)13-2)8-10-6-4-3-5-7-10;1-3(2)4(5)6;1-3-4-2/h3-7H,1,8H2,2H3;1H2,2H3,(H,5,6);3-4H,1-2H3. The molecule has 0 aliphatic carbocycles. The number of benzene rings is 1. The average molecular weight is 318 g/mol. The molecule has 0 aliphatic heterocycles. The first-order chi connectivity index (χ1) is 10.8. The number of rotatable bonds is 4. The summed E-state index contributed by atoms with van der Waals surface area (Å²) in [6, 6.07) is 9.70. The minimum absolute atomic E-state index is 0.176. The molecule has 0 unspecified atom stereocenters. The van der Waals surface area contributed by atoms with Gasteiger partial charge in [0, 0.05) is 17.6 Å². The van der Waals surface area contributed by atoms with E-state index in [1.165, 1.54) is 14.0 Å². The smallest absolute Gasteiger partial charge is 0.333 e. The van der Waals surface area contributed by atoms with Crippen LogP contribution in [0.4, 0.5) is 0 Å². The second kappa shape index (κ2) is 14.3. The number of aliphatic carboxylic acids is 1. The summed E-state index contributed by atoms with van der Waals surface area (Å²) in [5.74, 6) is -1.28. The predicted octanol–water partition coefficient (Wildman–Crippen LogP) is 4.19. The van der Waals surface area contributed by atoms with Crippen molar-refractivity contribution in [2.75, 3.05) is 7.11 Å². The summed E-state index contributed by atoms with van der Waals surface area (Å²) < 4.78 is 4.55. The molecule has 1 rings (SSSR count). The van der Waals surface area contributed by atoms with Crippen LogP contribution in [0, 0.1) is 0 Å². The van der Waals surface area contributed by atoms with Crippen molar-refractivity contribution in [2.45, 2.75) is 27.2 Å². The number of hydrogen-bond acceptors (Lipinski definition) is 3. The van der Waals surface area contributed by atoms with E-state index in [0.29, 0.717) is 12.0 Å². The minimum Gasteiger partial charge on any atom is -0.478 e. The van der Waals surface area contributed by atoms with Crippen molar-refractivity contribution < 1.29 is 19.4 Å². The zero-order valence-corrected chi connectivity index (χ0v) is 14.3. The van der Waals surface area contributed by atoms with Crippen LogP contribution >= 0.6 is 0 Å². The fourth-order valence-corrected chi connectivity index (χ4v) is 1.06. The zero-order valence-electron chi connectivity index (χ0n) is 14.3. The lowest BCUT2D eigenvalue weighted by Crippen LogP contribution is -2.05. The molecule has 1 aromatic carbocycles. The Labute approximate surface area is 138 Å². The van der Waals surface area contributed by atoms with Gasteiger partial charge in [-0.05, 0) is 26.3 Å². The normalized spacial score (nSPS) is 8.87. The van der Waals surface area contributed by atoms with Crippen LogP contribution in [0.1, 0.15) is 26.3 Å². The monoisotopic (exact) mass is 318 g/mol. The van der Waals surface area contributed by atoms with Crippen molar-refractivity contribution in [3.63, 3.8) is 0 Å². The van der Waals surface area contributed by atoms with Crippen LogP contribution in [-0.4, -0.2) is 24.2 Å². The van der Waals surface area contributed by atoms with Gasteiger partial charge in [-0.1, -0.05) is 55.6 Å². The molecule has 0 saturated carbocycles. The highest BCUT2D eigenvalue weighted by Crippen LogP contribution is 2.06. The Morgan fingerprint density at radius 1 is 1.13 bits per heavy atom. The van der Waals surface area contributed by atoms with E-state index in [1.807, 2.05) is 56.3 Å². The Morgan fingerprint density at radius 2 is 1.57 bits per heavy atom. The Kier molecular flexibility index (Phi) is 14.1. The Morgan fingerprint density at radius 3 is 1.87 bits per heavy atom. The zero-order chi connectivity index (χ0) is 18.3. The third-order valence-electron chi connectivity index (χ3n) is 2.43. The molecule has 0 bridgehead atoms. The van der Waals surface area contributed by atoms with Gasteiger partial charge >= 0.3 is 11.9 Å². The van der Waals surface area contributed by atoms with Gasteiger partial charge in [-0.25, -0.2) is 9.59 Å². The number of methoxy groups -OCH3 is 1. The van der Waals surface area contributed by atoms with Crippen LogP contribution in [0.25, 0.3) is 0 Å². The maximum Gasteiger partial charge on any atom is 0.333 e. The molecule has 126 valence electrons. The average Bonchev–Trinajstić information content (AvgIpc) is 2.55. The van der Waals surface area contributed by atoms with E-state index in [9.17, 15) is 9.59 Å². The highest BCUT2D eigenvalue weighted by Gasteiger charge is 2.06. The summed E-state index contributed by atoms with van der Waals surface area (Å²) in [7, 11) is 1.36. The van der Waals surface area contributed by atoms with E-state index in [0.717, 1.165) is 5.56 Å². The molecule has 0 aliphatic rings. The molecule has 1 N–H and O–H groups in total. The van der Waals surface area contributed by atoms with Gasteiger partial charge in [0.05, 0.1) is 7.11 Å². The Hall–Kier alpha value is -2.62. The number of carbonyl (C=O) groups excluding carboxylic acids is 1. The van der Waals surface area contributed by atoms with Gasteiger partial charge in [0.15, 0.2) is 0 Å². The number of carboxylic acids is 1. The van der Waals surface area contributed by atoms with Crippen LogP contribution in [0.3, 0.4) is 0 Å². The number of allylic oxidation sites excluding steroid dienone is 2. The summed E-state index contributed by atoms with van der Waals surface area (Å²) in [6.45, 7) is 12.2. The lowest BCUT2D eigenvalue weighted by atomic mass is 10.1. The molecule has 1 aromatic rings. The molecule has 0 atom stereocenters. The highest BCUT2D eigenvalue weighted by atomic mass is 16.5. The second-order valence-corrected chi connectivity index (χ2v) is 4.51. The van der Waals surface area contributed by atoms with Gasteiger partial charge in [-0.2, -0.15) is 0 Å². The lowest BCUT2D eigenvalue weighted by Gasteiger charge is -2.02. The maximum absolute atomic E-state index is 11.0. The third-order valence-corrected chi connectivity index (χ3v) is 2.43. The molecular weight excluding hydrogens is 292 g/mol. The van der Waals surface area contributed by atoms with Crippen LogP contribution in [0.5, 0.6) is 0 Å². The first kappa shape index (κ1) is 22.7. The van der Waals surface area contributed by atoms with E-state index in [1.54, 1.807) is 0 Å². The lowest BCUT2D eigenvalue weighted by molar-refractivity contribution is -0.136. The predicted molar refractivity (Wildman–Crippen MR) is 94.2 cm³/mol. The summed E-state index contributed by atoms with van der Waals surface area (Å²) in [4.78, 5) is 20.6. The van der Waals surface area contributed by atoms with Crippen molar-refractivity contribution >= 4 is 11.9 Å². The van der Waals surface area contributed by atoms with Crippen molar-refractivity contribution in [3.05, 3.63) is 72.4 Å². The van der Waals surface area contributed by atoms with Crippen molar-refractivity contribution in [3.8, 4) is 0 Å². The molecular formula is C19H26O4. The molecule has 23 heavy (non-hydrogen) atoms. The van der Waals surface area contributed by atoms with E-state index in [2.05, 4.69) is 17.9 Å². The number of ether oxygens (including phenoxy) is 1. The fraction of sp³-hybridized carbons (Fsp3) is 0.263. The fourth-order valence-electron chi connectivity index (χ4n) is 1.06. The first-order valence-electron chi connectivity index (χ1n) is 7.06. The van der Waals surface area contributed by atoms with E-state index < -0.39 is 5.97 Å². The molecule has 4 heteroatoms. The summed E-state index contributed by atoms with van der Waals surface area (Å²) in [5.41, 5.74) is 1.72. The second-order valence-electron chi connectivity index (χ2n) is 4.51. The maximum atomic E-state index is 11.0. The molecule has 0 fully saturated rings. The number of hydrogen-bond donors (Lipinski definition) is 1. The summed E-state index contributed by atoms with van der Waals surface area (Å²) in [5, 5.41) is 7.89. The number of carboxylic acid groups (broad SMARTS) is 1. The molecule has 4 nitrogen and oxygen atoms in total. The topological polar surface area (TPSA) is 63.6 Å². The van der Waals surface area contributed by atoms with Crippen LogP contribution in [0.15, 0.2) is 66.8 Å². The van der Waals surface area contributed by atoms with Crippen molar-refractivity contribution in [1.82, 2.24) is 0 Å². The van der Waals surface area contributed by atoms with Gasteiger partial charge in [0.2, 0.25) is 0 Å². The van der Waals surface area contributed by atoms with E-state index in [4.69, 9.17) is 5.11 Å². The van der Waals surface area contributed by atoms with Gasteiger partial charge in [0.25, 0.3) is 0 Å². The van der Waals surface area contributed by atoms with E-state index >= 15 is 0 Å². The molecule has 0 saturated heterocycles. The third kappa shape index (κ3) is 14.1. The van der Waals surface area contributed by atoms with Gasteiger partial charge in [0.1, 0.15) is 0 Å². The Balaban J connectivity index is 0. The van der Waals surface area contributed by atoms with Gasteiger partial charge < -0.3 is 9.84 Å². The molecule has 0 heterocycles. The quantitative estimate of drug-likeness (QED) is 0.514. The SMILES string of the molecule is C=C(C)C(=O)O.C=C(Cc1ccccc1)C(=O)OC.CC=CC. The van der Waals surface area contributed by atoms with Crippen LogP contribution in [-0.2, 0) is 20.7 Å². The van der Waals surface area contributed by atoms with Crippen molar-refractivity contribution in [1.29, 1.82) is 0 Å². The number of carbonyl (C=O) groups is 2. The molecule has 0 amide bonds. The summed E-state index contributed by atoms with van der Waals surface area (Å²) in [6.07, 6.45) is 4.55. The van der Waals surface area contributed by atoms with Crippen LogP contribution < -0.4 is 0 Å². The summed E-state index contributed by atoms with van der Waals surface area (Å²) >= 11 is 0. The molecule has 0 aromatic heterocycles. The molecule has 0 radical (unpaired) electrons. The first-order valence-corrected chi connectivity index (χ1v) is 7.06. The van der Waals surface area contributed by atoms with Crippen LogP contribution in [0.2, 0.25) is 0 Å². The number of esters is 1. The van der Waals surface area contributed by atoms with E-state index in [-0.39, 0.29) is 11.5 Å². The van der Waals surface area contributed by atoms with Crippen molar-refractivity contribution in [2.24, 2.45) is 0 Å². The van der Waals surface area contributed by atoms with Gasteiger partial charge in [-0.15, -0.1) is 0 Å². The Bertz CT molecular complexity index is 512. The molecule has 0 spiro atoms. The van der Waals surface area contributed by atoms with Gasteiger partial charge in [-0.3, -0.25) is 0 Å². The minimum atomic E-state index is -0.935. The largest absolute Gasteiger partial charge is 0.478 e. The highest BCUT2D eigenvalue weighted by molar-refractivity contribution is 5.88.